The lowest BCUT2D eigenvalue weighted by Crippen LogP contribution is -2.43. The maximum absolute atomic E-state index is 11.8. The smallest absolute Gasteiger partial charge is 0.357 e. The van der Waals surface area contributed by atoms with Crippen LogP contribution in [0.2, 0.25) is 0 Å². The third-order valence-corrected chi connectivity index (χ3v) is 2.84. The molecule has 25 heavy (non-hydrogen) atoms. The standard InChI is InChI=1S/C15H12N4O6/c20-13(9-25-15(22)12-6-1-2-7-16-12)17-18-14(21)10-4-3-5-11(8-10)19(23)24/h1-8H,9H2,(H,17,20)(H,18,21). The van der Waals surface area contributed by atoms with Crippen molar-refractivity contribution in [3.8, 4) is 0 Å². The third-order valence-electron chi connectivity index (χ3n) is 2.84. The van der Waals surface area contributed by atoms with E-state index in [-0.39, 0.29) is 16.9 Å². The van der Waals surface area contributed by atoms with E-state index < -0.39 is 29.3 Å². The highest BCUT2D eigenvalue weighted by Crippen LogP contribution is 2.12. The van der Waals surface area contributed by atoms with Gasteiger partial charge in [-0.3, -0.25) is 30.6 Å². The molecule has 0 aliphatic carbocycles. The topological polar surface area (TPSA) is 141 Å². The maximum atomic E-state index is 11.8. The molecule has 0 fully saturated rings. The fourth-order valence-corrected chi connectivity index (χ4v) is 1.68. The van der Waals surface area contributed by atoms with Crippen LogP contribution in [0.15, 0.2) is 48.7 Å². The largest absolute Gasteiger partial charge is 0.451 e. The summed E-state index contributed by atoms with van der Waals surface area (Å²) in [4.78, 5) is 48.7. The van der Waals surface area contributed by atoms with E-state index >= 15 is 0 Å². The van der Waals surface area contributed by atoms with Crippen molar-refractivity contribution in [2.24, 2.45) is 0 Å². The summed E-state index contributed by atoms with van der Waals surface area (Å²) in [6.45, 7) is -0.634. The molecule has 10 heteroatoms. The van der Waals surface area contributed by atoms with Crippen molar-refractivity contribution in [3.63, 3.8) is 0 Å². The summed E-state index contributed by atoms with van der Waals surface area (Å²) in [6, 6.07) is 9.59. The number of nitrogens with zero attached hydrogens (tertiary/aromatic N) is 2. The molecule has 1 heterocycles. The quantitative estimate of drug-likeness (QED) is 0.460. The van der Waals surface area contributed by atoms with Crippen LogP contribution in [0.1, 0.15) is 20.8 Å². The number of nitro groups is 1. The van der Waals surface area contributed by atoms with E-state index in [0.717, 1.165) is 6.07 Å². The second-order valence-electron chi connectivity index (χ2n) is 4.60. The minimum absolute atomic E-state index is 0.0139. The number of nitrogens with one attached hydrogen (secondary N) is 2. The second kappa shape index (κ2) is 8.15. The first-order valence-corrected chi connectivity index (χ1v) is 6.89. The number of amides is 2. The van der Waals surface area contributed by atoms with Gasteiger partial charge >= 0.3 is 5.97 Å². The van der Waals surface area contributed by atoms with Crippen LogP contribution in [0.4, 0.5) is 5.69 Å². The highest BCUT2D eigenvalue weighted by Gasteiger charge is 2.14. The Hall–Kier alpha value is -3.82. The molecule has 1 aromatic heterocycles. The number of non-ortho nitro benzene ring substituents is 1. The number of pyridine rings is 1. The first-order chi connectivity index (χ1) is 12.0. The number of benzene rings is 1. The number of hydrazine groups is 1. The summed E-state index contributed by atoms with van der Waals surface area (Å²) in [5.74, 6) is -2.34. The Balaban J connectivity index is 1.81. The summed E-state index contributed by atoms with van der Waals surface area (Å²) in [7, 11) is 0. The molecule has 0 saturated carbocycles. The zero-order valence-electron chi connectivity index (χ0n) is 12.7. The van der Waals surface area contributed by atoms with Crippen molar-refractivity contribution in [1.29, 1.82) is 0 Å². The summed E-state index contributed by atoms with van der Waals surface area (Å²) in [6.07, 6.45) is 1.40. The van der Waals surface area contributed by atoms with E-state index in [1.54, 1.807) is 12.1 Å². The Kier molecular flexibility index (Phi) is 5.72. The molecule has 2 aromatic rings. The highest BCUT2D eigenvalue weighted by atomic mass is 16.6. The molecule has 0 unspecified atom stereocenters. The average Bonchev–Trinajstić information content (AvgIpc) is 2.64. The lowest BCUT2D eigenvalue weighted by Gasteiger charge is -2.08. The van der Waals surface area contributed by atoms with Crippen LogP contribution < -0.4 is 10.9 Å². The molecule has 0 spiro atoms. The number of carbonyl (C=O) groups is 3. The molecular formula is C15H12N4O6. The van der Waals surface area contributed by atoms with E-state index in [0.29, 0.717) is 0 Å². The van der Waals surface area contributed by atoms with Gasteiger partial charge in [0.1, 0.15) is 5.69 Å². The summed E-state index contributed by atoms with van der Waals surface area (Å²) < 4.78 is 4.72. The monoisotopic (exact) mass is 344 g/mol. The van der Waals surface area contributed by atoms with Gasteiger partial charge in [0.05, 0.1) is 4.92 Å². The van der Waals surface area contributed by atoms with Gasteiger partial charge in [0.15, 0.2) is 6.61 Å². The minimum atomic E-state index is -0.791. The van der Waals surface area contributed by atoms with E-state index in [9.17, 15) is 24.5 Å². The summed E-state index contributed by atoms with van der Waals surface area (Å²) >= 11 is 0. The van der Waals surface area contributed by atoms with E-state index in [1.165, 1.54) is 30.5 Å². The van der Waals surface area contributed by atoms with E-state index in [2.05, 4.69) is 10.4 Å². The SMILES string of the molecule is O=C(COC(=O)c1ccccn1)NNC(=O)c1cccc([N+](=O)[O-])c1. The maximum Gasteiger partial charge on any atom is 0.357 e. The number of hydrogen-bond acceptors (Lipinski definition) is 7. The van der Waals surface area contributed by atoms with Crippen LogP contribution in [-0.2, 0) is 9.53 Å². The Labute approximate surface area is 140 Å². The van der Waals surface area contributed by atoms with Crippen molar-refractivity contribution in [2.75, 3.05) is 6.61 Å². The van der Waals surface area contributed by atoms with Crippen molar-refractivity contribution < 1.29 is 24.0 Å². The van der Waals surface area contributed by atoms with Gasteiger partial charge in [-0.1, -0.05) is 12.1 Å². The van der Waals surface area contributed by atoms with Gasteiger partial charge in [0, 0.05) is 23.9 Å². The summed E-state index contributed by atoms with van der Waals surface area (Å²) in [5.41, 5.74) is 3.85. The van der Waals surface area contributed by atoms with Crippen molar-refractivity contribution >= 4 is 23.5 Å². The number of nitro benzene ring substituents is 1. The minimum Gasteiger partial charge on any atom is -0.451 e. The van der Waals surface area contributed by atoms with Crippen LogP contribution in [0.5, 0.6) is 0 Å². The van der Waals surface area contributed by atoms with E-state index in [1.807, 2.05) is 5.43 Å². The van der Waals surface area contributed by atoms with Crippen LogP contribution in [0.25, 0.3) is 0 Å². The van der Waals surface area contributed by atoms with Gasteiger partial charge in [-0.2, -0.15) is 0 Å². The van der Waals surface area contributed by atoms with Crippen molar-refractivity contribution in [2.45, 2.75) is 0 Å². The molecule has 0 atom stereocenters. The van der Waals surface area contributed by atoms with E-state index in [4.69, 9.17) is 4.74 Å². The van der Waals surface area contributed by atoms with Crippen LogP contribution in [0, 0.1) is 10.1 Å². The molecule has 0 aliphatic rings. The third kappa shape index (κ3) is 5.10. The Morgan fingerprint density at radius 1 is 1.12 bits per heavy atom. The van der Waals surface area contributed by atoms with Crippen LogP contribution in [0.3, 0.4) is 0 Å². The molecule has 0 bridgehead atoms. The molecule has 0 aliphatic heterocycles. The number of hydrogen-bond donors (Lipinski definition) is 2. The van der Waals surface area contributed by atoms with Gasteiger partial charge in [-0.15, -0.1) is 0 Å². The lowest BCUT2D eigenvalue weighted by atomic mass is 10.2. The van der Waals surface area contributed by atoms with Crippen LogP contribution >= 0.6 is 0 Å². The average molecular weight is 344 g/mol. The number of esters is 1. The molecule has 0 saturated heterocycles. The van der Waals surface area contributed by atoms with Crippen molar-refractivity contribution in [1.82, 2.24) is 15.8 Å². The molecular weight excluding hydrogens is 332 g/mol. The van der Waals surface area contributed by atoms with Gasteiger partial charge in [-0.05, 0) is 18.2 Å². The van der Waals surface area contributed by atoms with Gasteiger partial charge in [0.25, 0.3) is 17.5 Å². The molecule has 0 radical (unpaired) electrons. The number of aromatic nitrogens is 1. The molecule has 10 nitrogen and oxygen atoms in total. The number of rotatable bonds is 5. The van der Waals surface area contributed by atoms with Gasteiger partial charge in [0.2, 0.25) is 0 Å². The fourth-order valence-electron chi connectivity index (χ4n) is 1.68. The highest BCUT2D eigenvalue weighted by molar-refractivity contribution is 5.96. The zero-order valence-corrected chi connectivity index (χ0v) is 12.7. The Morgan fingerprint density at radius 2 is 1.92 bits per heavy atom. The normalized spacial score (nSPS) is 9.76. The zero-order chi connectivity index (χ0) is 18.2. The molecule has 2 amide bonds. The Morgan fingerprint density at radius 3 is 2.60 bits per heavy atom. The summed E-state index contributed by atoms with van der Waals surface area (Å²) in [5, 5.41) is 10.7. The molecule has 1 aromatic carbocycles. The lowest BCUT2D eigenvalue weighted by molar-refractivity contribution is -0.384. The number of carbonyl (C=O) groups excluding carboxylic acids is 3. The predicted octanol–water partition coefficient (Wildman–Crippen LogP) is 0.608. The number of ether oxygens (including phenoxy) is 1. The first kappa shape index (κ1) is 17.5. The van der Waals surface area contributed by atoms with Gasteiger partial charge < -0.3 is 4.74 Å². The van der Waals surface area contributed by atoms with Gasteiger partial charge in [-0.25, -0.2) is 9.78 Å². The fraction of sp³-hybridized carbons (Fsp3) is 0.0667. The van der Waals surface area contributed by atoms with Crippen molar-refractivity contribution in [3.05, 3.63) is 70.0 Å². The molecule has 2 rings (SSSR count). The molecule has 2 N–H and O–H groups in total. The second-order valence-corrected chi connectivity index (χ2v) is 4.60. The first-order valence-electron chi connectivity index (χ1n) is 6.89. The predicted molar refractivity (Wildman–Crippen MR) is 83.2 cm³/mol. The molecule has 128 valence electrons. The Bertz CT molecular complexity index is 809. The van der Waals surface area contributed by atoms with Crippen LogP contribution in [-0.4, -0.2) is 34.3 Å².